The summed E-state index contributed by atoms with van der Waals surface area (Å²) in [4.78, 5) is 1.30. The first-order chi connectivity index (χ1) is 8.63. The van der Waals surface area contributed by atoms with Crippen LogP contribution in [0.2, 0.25) is 4.34 Å². The van der Waals surface area contributed by atoms with Gasteiger partial charge in [-0.15, -0.1) is 11.3 Å². The maximum Gasteiger partial charge on any atom is 0.0960 e. The minimum atomic E-state index is 0.309. The third-order valence-electron chi connectivity index (χ3n) is 3.32. The molecule has 0 amide bonds. The summed E-state index contributed by atoms with van der Waals surface area (Å²) in [5.41, 5.74) is 2.51. The Morgan fingerprint density at radius 1 is 1.22 bits per heavy atom. The fourth-order valence-corrected chi connectivity index (χ4v) is 3.66. The smallest absolute Gasteiger partial charge is 0.0960 e. The molecule has 2 rings (SSSR count). The molecule has 0 fully saturated rings. The molecule has 2 aromatic rings. The van der Waals surface area contributed by atoms with Crippen molar-refractivity contribution < 1.29 is 0 Å². The molecule has 1 aromatic carbocycles. The zero-order valence-corrected chi connectivity index (χ0v) is 12.5. The van der Waals surface area contributed by atoms with Crippen molar-refractivity contribution in [1.29, 1.82) is 0 Å². The quantitative estimate of drug-likeness (QED) is 0.850. The number of hydrogen-bond donors (Lipinski definition) is 1. The van der Waals surface area contributed by atoms with Gasteiger partial charge < -0.3 is 5.32 Å². The highest BCUT2D eigenvalue weighted by molar-refractivity contribution is 7.16. The molecule has 18 heavy (non-hydrogen) atoms. The highest BCUT2D eigenvalue weighted by atomic mass is 35.5. The number of thiophene rings is 1. The molecule has 0 spiro atoms. The monoisotopic (exact) mass is 279 g/mol. The second-order valence-electron chi connectivity index (χ2n) is 4.57. The van der Waals surface area contributed by atoms with Gasteiger partial charge in [-0.25, -0.2) is 0 Å². The molecule has 1 heterocycles. The van der Waals surface area contributed by atoms with Crippen molar-refractivity contribution >= 4 is 22.9 Å². The highest BCUT2D eigenvalue weighted by Gasteiger charge is 2.21. The SMILES string of the molecule is CNC(c1cc(C)c(Cl)s1)C(C)c1ccccc1. The van der Waals surface area contributed by atoms with Crippen molar-refractivity contribution in [2.45, 2.75) is 25.8 Å². The lowest BCUT2D eigenvalue weighted by atomic mass is 9.92. The van der Waals surface area contributed by atoms with Gasteiger partial charge in [-0.3, -0.25) is 0 Å². The van der Waals surface area contributed by atoms with E-state index < -0.39 is 0 Å². The highest BCUT2D eigenvalue weighted by Crippen LogP contribution is 2.37. The summed E-state index contributed by atoms with van der Waals surface area (Å²) in [6, 6.07) is 13.1. The maximum absolute atomic E-state index is 6.17. The summed E-state index contributed by atoms with van der Waals surface area (Å²) < 4.78 is 0.894. The van der Waals surface area contributed by atoms with Crippen LogP contribution in [0.25, 0.3) is 0 Å². The number of aryl methyl sites for hydroxylation is 1. The van der Waals surface area contributed by atoms with Gasteiger partial charge in [0.1, 0.15) is 0 Å². The van der Waals surface area contributed by atoms with Crippen molar-refractivity contribution in [3.8, 4) is 0 Å². The van der Waals surface area contributed by atoms with E-state index in [-0.39, 0.29) is 0 Å². The Kier molecular flexibility index (Phi) is 4.44. The van der Waals surface area contributed by atoms with Crippen molar-refractivity contribution in [3.05, 3.63) is 56.7 Å². The van der Waals surface area contributed by atoms with Crippen LogP contribution in [0.5, 0.6) is 0 Å². The second kappa shape index (κ2) is 5.87. The lowest BCUT2D eigenvalue weighted by Crippen LogP contribution is -2.21. The van der Waals surface area contributed by atoms with Gasteiger partial charge in [0.2, 0.25) is 0 Å². The Labute approximate surface area is 118 Å². The lowest BCUT2D eigenvalue weighted by molar-refractivity contribution is 0.515. The molecule has 3 heteroatoms. The topological polar surface area (TPSA) is 12.0 Å². The second-order valence-corrected chi connectivity index (χ2v) is 6.26. The third-order valence-corrected chi connectivity index (χ3v) is 4.96. The molecule has 1 aromatic heterocycles. The van der Waals surface area contributed by atoms with Crippen LogP contribution in [0.4, 0.5) is 0 Å². The van der Waals surface area contributed by atoms with Gasteiger partial charge in [-0.1, -0.05) is 48.9 Å². The molecule has 0 aliphatic rings. The van der Waals surface area contributed by atoms with E-state index in [1.165, 1.54) is 10.4 Å². The summed E-state index contributed by atoms with van der Waals surface area (Å²) in [5.74, 6) is 0.422. The molecular formula is C15H18ClNS. The average molecular weight is 280 g/mol. The number of rotatable bonds is 4. The van der Waals surface area contributed by atoms with E-state index >= 15 is 0 Å². The van der Waals surface area contributed by atoms with Gasteiger partial charge in [0, 0.05) is 16.8 Å². The molecular weight excluding hydrogens is 262 g/mol. The summed E-state index contributed by atoms with van der Waals surface area (Å²) in [6.07, 6.45) is 0. The van der Waals surface area contributed by atoms with E-state index in [0.29, 0.717) is 12.0 Å². The maximum atomic E-state index is 6.17. The molecule has 0 aliphatic heterocycles. The number of hydrogen-bond acceptors (Lipinski definition) is 2. The largest absolute Gasteiger partial charge is 0.312 e. The van der Waals surface area contributed by atoms with Gasteiger partial charge in [0.25, 0.3) is 0 Å². The van der Waals surface area contributed by atoms with Crippen LogP contribution in [0.3, 0.4) is 0 Å². The van der Waals surface area contributed by atoms with E-state index in [4.69, 9.17) is 11.6 Å². The molecule has 0 radical (unpaired) electrons. The van der Waals surface area contributed by atoms with Crippen molar-refractivity contribution in [3.63, 3.8) is 0 Å². The van der Waals surface area contributed by atoms with Crippen molar-refractivity contribution in [2.24, 2.45) is 0 Å². The molecule has 96 valence electrons. The molecule has 0 aliphatic carbocycles. The van der Waals surface area contributed by atoms with Gasteiger partial charge in [0.05, 0.1) is 4.34 Å². The first-order valence-corrected chi connectivity index (χ1v) is 7.31. The van der Waals surface area contributed by atoms with Crippen LogP contribution in [-0.2, 0) is 0 Å². The van der Waals surface area contributed by atoms with Crippen molar-refractivity contribution in [1.82, 2.24) is 5.32 Å². The minimum Gasteiger partial charge on any atom is -0.312 e. The molecule has 0 saturated carbocycles. The molecule has 2 unspecified atom stereocenters. The lowest BCUT2D eigenvalue weighted by Gasteiger charge is -2.23. The van der Waals surface area contributed by atoms with Crippen LogP contribution in [0.15, 0.2) is 36.4 Å². The number of benzene rings is 1. The Morgan fingerprint density at radius 3 is 2.39 bits per heavy atom. The summed E-state index contributed by atoms with van der Waals surface area (Å²) in [5, 5.41) is 3.41. The zero-order chi connectivity index (χ0) is 13.1. The molecule has 1 N–H and O–H groups in total. The number of likely N-dealkylation sites (N-methyl/N-ethyl adjacent to an activating group) is 1. The van der Waals surface area contributed by atoms with Gasteiger partial charge >= 0.3 is 0 Å². The first-order valence-electron chi connectivity index (χ1n) is 6.11. The summed E-state index contributed by atoms with van der Waals surface area (Å²) in [7, 11) is 2.01. The fourth-order valence-electron chi connectivity index (χ4n) is 2.22. The van der Waals surface area contributed by atoms with E-state index in [1.807, 2.05) is 7.05 Å². The van der Waals surface area contributed by atoms with E-state index in [2.05, 4.69) is 55.6 Å². The Morgan fingerprint density at radius 2 is 1.89 bits per heavy atom. The van der Waals surface area contributed by atoms with Crippen LogP contribution in [0.1, 0.15) is 34.9 Å². The Balaban J connectivity index is 2.29. The molecule has 0 bridgehead atoms. The Hall–Kier alpha value is -0.830. The molecule has 0 saturated heterocycles. The predicted octanol–water partition coefficient (Wildman–Crippen LogP) is 4.77. The predicted molar refractivity (Wildman–Crippen MR) is 80.7 cm³/mol. The average Bonchev–Trinajstić information content (AvgIpc) is 2.71. The third kappa shape index (κ3) is 2.77. The van der Waals surface area contributed by atoms with Crippen molar-refractivity contribution in [2.75, 3.05) is 7.05 Å². The first kappa shape index (κ1) is 13.6. The normalized spacial score (nSPS) is 14.4. The molecule has 2 atom stereocenters. The van der Waals surface area contributed by atoms with Crippen LogP contribution in [-0.4, -0.2) is 7.05 Å². The Bertz CT molecular complexity index is 487. The van der Waals surface area contributed by atoms with E-state index in [1.54, 1.807) is 11.3 Å². The molecule has 1 nitrogen and oxygen atoms in total. The summed E-state index contributed by atoms with van der Waals surface area (Å²) >= 11 is 7.84. The summed E-state index contributed by atoms with van der Waals surface area (Å²) in [6.45, 7) is 4.31. The van der Waals surface area contributed by atoms with Gasteiger partial charge in [-0.2, -0.15) is 0 Å². The number of nitrogens with one attached hydrogen (secondary N) is 1. The van der Waals surface area contributed by atoms with Gasteiger partial charge in [0.15, 0.2) is 0 Å². The van der Waals surface area contributed by atoms with Crippen LogP contribution >= 0.6 is 22.9 Å². The zero-order valence-electron chi connectivity index (χ0n) is 10.9. The number of halogens is 1. The van der Waals surface area contributed by atoms with E-state index in [9.17, 15) is 0 Å². The van der Waals surface area contributed by atoms with E-state index in [0.717, 1.165) is 9.90 Å². The van der Waals surface area contributed by atoms with Gasteiger partial charge in [-0.05, 0) is 31.2 Å². The standard InChI is InChI=1S/C15H18ClNS/c1-10-9-13(18-15(10)16)14(17-3)11(2)12-7-5-4-6-8-12/h4-9,11,14,17H,1-3H3. The van der Waals surface area contributed by atoms with Crippen LogP contribution in [0, 0.1) is 6.92 Å². The van der Waals surface area contributed by atoms with Crippen LogP contribution < -0.4 is 5.32 Å². The minimum absolute atomic E-state index is 0.309. The fraction of sp³-hybridized carbons (Fsp3) is 0.333.